The molecule has 5 heteroatoms. The van der Waals surface area contributed by atoms with E-state index >= 15 is 0 Å². The second-order valence-corrected chi connectivity index (χ2v) is 4.89. The van der Waals surface area contributed by atoms with Crippen LogP contribution in [0.15, 0.2) is 48.5 Å². The fourth-order valence-electron chi connectivity index (χ4n) is 2.20. The largest absolute Gasteiger partial charge is 0.493 e. The molecule has 116 valence electrons. The average molecular weight is 301 g/mol. The van der Waals surface area contributed by atoms with E-state index in [-0.39, 0.29) is 6.61 Å². The Balaban J connectivity index is 2.04. The summed E-state index contributed by atoms with van der Waals surface area (Å²) in [6, 6.07) is 15.9. The van der Waals surface area contributed by atoms with Crippen molar-refractivity contribution in [2.24, 2.45) is 5.73 Å². The molecule has 5 nitrogen and oxygen atoms in total. The van der Waals surface area contributed by atoms with Crippen LogP contribution in [-0.4, -0.2) is 19.6 Å². The molecule has 22 heavy (non-hydrogen) atoms. The normalized spacial score (nSPS) is 10.2. The number of hydrogen-bond donors (Lipinski definition) is 2. The number of methoxy groups -OCH3 is 1. The number of primary amides is 1. The Morgan fingerprint density at radius 3 is 2.55 bits per heavy atom. The Morgan fingerprint density at radius 1 is 1.09 bits per heavy atom. The SMILES string of the molecule is COc1cccc(C[NH2+]Cc2ccccc2)c1OCC(N)=O. The van der Waals surface area contributed by atoms with Crippen molar-refractivity contribution in [2.75, 3.05) is 13.7 Å². The molecule has 0 bridgehead atoms. The molecule has 2 aromatic carbocycles. The van der Waals surface area contributed by atoms with Crippen LogP contribution in [0.3, 0.4) is 0 Å². The van der Waals surface area contributed by atoms with Crippen molar-refractivity contribution < 1.29 is 19.6 Å². The topological polar surface area (TPSA) is 78.2 Å². The van der Waals surface area contributed by atoms with Crippen LogP contribution >= 0.6 is 0 Å². The molecule has 0 fully saturated rings. The molecule has 0 saturated carbocycles. The van der Waals surface area contributed by atoms with Crippen LogP contribution in [-0.2, 0) is 17.9 Å². The number of para-hydroxylation sites is 1. The summed E-state index contributed by atoms with van der Waals surface area (Å²) in [6.07, 6.45) is 0. The maximum Gasteiger partial charge on any atom is 0.255 e. The van der Waals surface area contributed by atoms with Gasteiger partial charge in [-0.2, -0.15) is 0 Å². The number of carbonyl (C=O) groups is 1. The van der Waals surface area contributed by atoms with Crippen LogP contribution < -0.4 is 20.5 Å². The molecule has 2 rings (SSSR count). The molecule has 0 radical (unpaired) electrons. The molecule has 0 saturated heterocycles. The van der Waals surface area contributed by atoms with Gasteiger partial charge >= 0.3 is 0 Å². The van der Waals surface area contributed by atoms with E-state index in [0.717, 1.165) is 18.7 Å². The Hall–Kier alpha value is -2.53. The fourth-order valence-corrected chi connectivity index (χ4v) is 2.20. The molecule has 0 spiro atoms. The fraction of sp³-hybridized carbons (Fsp3) is 0.235. The van der Waals surface area contributed by atoms with E-state index in [2.05, 4.69) is 17.4 Å². The molecule has 0 heterocycles. The van der Waals surface area contributed by atoms with Crippen molar-refractivity contribution in [3.63, 3.8) is 0 Å². The van der Waals surface area contributed by atoms with Gasteiger partial charge in [0.15, 0.2) is 18.1 Å². The number of ether oxygens (including phenoxy) is 2. The van der Waals surface area contributed by atoms with Crippen LogP contribution in [0.4, 0.5) is 0 Å². The lowest BCUT2D eigenvalue weighted by molar-refractivity contribution is -0.686. The van der Waals surface area contributed by atoms with Crippen LogP contribution in [0.2, 0.25) is 0 Å². The van der Waals surface area contributed by atoms with E-state index in [9.17, 15) is 4.79 Å². The minimum absolute atomic E-state index is 0.161. The number of benzene rings is 2. The van der Waals surface area contributed by atoms with Gasteiger partial charge in [-0.05, 0) is 12.1 Å². The molecule has 0 aromatic heterocycles. The van der Waals surface area contributed by atoms with Gasteiger partial charge in [-0.3, -0.25) is 4.79 Å². The predicted molar refractivity (Wildman–Crippen MR) is 83.5 cm³/mol. The molecular weight excluding hydrogens is 280 g/mol. The van der Waals surface area contributed by atoms with Crippen molar-refractivity contribution in [3.05, 3.63) is 59.7 Å². The van der Waals surface area contributed by atoms with Crippen molar-refractivity contribution in [1.29, 1.82) is 0 Å². The molecule has 0 aliphatic heterocycles. The molecular formula is C17H21N2O3+. The first-order valence-corrected chi connectivity index (χ1v) is 7.13. The van der Waals surface area contributed by atoms with E-state index in [0.29, 0.717) is 11.5 Å². The monoisotopic (exact) mass is 301 g/mol. The molecule has 0 atom stereocenters. The summed E-state index contributed by atoms with van der Waals surface area (Å²) in [5.74, 6) is 0.671. The zero-order valence-corrected chi connectivity index (χ0v) is 12.6. The quantitative estimate of drug-likeness (QED) is 0.758. The van der Waals surface area contributed by atoms with E-state index in [4.69, 9.17) is 15.2 Å². The predicted octanol–water partition coefficient (Wildman–Crippen LogP) is 0.823. The maximum atomic E-state index is 10.9. The van der Waals surface area contributed by atoms with E-state index in [1.807, 2.05) is 30.3 Å². The molecule has 0 aliphatic rings. The van der Waals surface area contributed by atoms with Gasteiger partial charge in [0.05, 0.1) is 12.7 Å². The van der Waals surface area contributed by atoms with Gasteiger partial charge in [-0.25, -0.2) is 0 Å². The zero-order chi connectivity index (χ0) is 15.8. The second kappa shape index (κ2) is 8.05. The van der Waals surface area contributed by atoms with Gasteiger partial charge in [0.1, 0.15) is 13.1 Å². The van der Waals surface area contributed by atoms with Crippen molar-refractivity contribution in [2.45, 2.75) is 13.1 Å². The highest BCUT2D eigenvalue weighted by Gasteiger charge is 2.13. The van der Waals surface area contributed by atoms with Crippen LogP contribution in [0, 0.1) is 0 Å². The standard InChI is InChI=1S/C17H20N2O3/c1-21-15-9-5-8-14(17(15)22-12-16(18)20)11-19-10-13-6-3-2-4-7-13/h2-9,19H,10-12H2,1H3,(H2,18,20)/p+1. The summed E-state index contributed by atoms with van der Waals surface area (Å²) in [6.45, 7) is 1.43. The highest BCUT2D eigenvalue weighted by atomic mass is 16.5. The number of hydrogen-bond acceptors (Lipinski definition) is 3. The number of amides is 1. The molecule has 1 amide bonds. The lowest BCUT2D eigenvalue weighted by atomic mass is 10.1. The summed E-state index contributed by atoms with van der Waals surface area (Å²) < 4.78 is 10.8. The Bertz CT molecular complexity index is 615. The van der Waals surface area contributed by atoms with Gasteiger partial charge in [0.2, 0.25) is 0 Å². The Morgan fingerprint density at radius 2 is 1.86 bits per heavy atom. The number of carbonyl (C=O) groups excluding carboxylic acids is 1. The lowest BCUT2D eigenvalue weighted by Gasteiger charge is -2.13. The zero-order valence-electron chi connectivity index (χ0n) is 12.6. The number of quaternary nitrogens is 1. The molecule has 0 aliphatic carbocycles. The van der Waals surface area contributed by atoms with Crippen LogP contribution in [0.1, 0.15) is 11.1 Å². The van der Waals surface area contributed by atoms with Crippen molar-refractivity contribution in [3.8, 4) is 11.5 Å². The van der Waals surface area contributed by atoms with Gasteiger partial charge in [-0.15, -0.1) is 0 Å². The molecule has 0 unspecified atom stereocenters. The third kappa shape index (κ3) is 4.49. The summed E-state index contributed by atoms with van der Waals surface area (Å²) in [4.78, 5) is 10.9. The third-order valence-corrected chi connectivity index (χ3v) is 3.23. The van der Waals surface area contributed by atoms with Gasteiger partial charge in [-0.1, -0.05) is 36.4 Å². The van der Waals surface area contributed by atoms with Crippen molar-refractivity contribution in [1.82, 2.24) is 0 Å². The summed E-state index contributed by atoms with van der Waals surface area (Å²) in [5.41, 5.74) is 7.37. The van der Waals surface area contributed by atoms with Gasteiger partial charge in [0, 0.05) is 5.56 Å². The van der Waals surface area contributed by atoms with Gasteiger partial charge in [0.25, 0.3) is 5.91 Å². The second-order valence-electron chi connectivity index (χ2n) is 4.89. The minimum atomic E-state index is -0.509. The Labute approximate surface area is 130 Å². The molecule has 4 N–H and O–H groups in total. The highest BCUT2D eigenvalue weighted by Crippen LogP contribution is 2.30. The molecule has 2 aromatic rings. The smallest absolute Gasteiger partial charge is 0.255 e. The van der Waals surface area contributed by atoms with Gasteiger partial charge < -0.3 is 20.5 Å². The summed E-state index contributed by atoms with van der Waals surface area (Å²) in [7, 11) is 1.57. The van der Waals surface area contributed by atoms with E-state index in [1.165, 1.54) is 5.56 Å². The van der Waals surface area contributed by atoms with E-state index in [1.54, 1.807) is 13.2 Å². The van der Waals surface area contributed by atoms with E-state index < -0.39 is 5.91 Å². The number of nitrogens with two attached hydrogens (primary N) is 2. The minimum Gasteiger partial charge on any atom is -0.493 e. The number of rotatable bonds is 8. The van der Waals surface area contributed by atoms with Crippen molar-refractivity contribution >= 4 is 5.91 Å². The highest BCUT2D eigenvalue weighted by molar-refractivity contribution is 5.75. The van der Waals surface area contributed by atoms with Crippen LogP contribution in [0.5, 0.6) is 11.5 Å². The first-order chi connectivity index (χ1) is 10.7. The summed E-state index contributed by atoms with van der Waals surface area (Å²) >= 11 is 0. The van der Waals surface area contributed by atoms with Crippen LogP contribution in [0.25, 0.3) is 0 Å². The Kier molecular flexibility index (Phi) is 5.80. The average Bonchev–Trinajstić information content (AvgIpc) is 2.54. The first-order valence-electron chi connectivity index (χ1n) is 7.13. The maximum absolute atomic E-state index is 10.9. The first kappa shape index (κ1) is 15.9. The lowest BCUT2D eigenvalue weighted by Crippen LogP contribution is -2.80. The third-order valence-electron chi connectivity index (χ3n) is 3.23. The summed E-state index contributed by atoms with van der Waals surface area (Å²) in [5, 5.41) is 2.17.